The van der Waals surface area contributed by atoms with Gasteiger partial charge in [-0.3, -0.25) is 10.1 Å². The van der Waals surface area contributed by atoms with E-state index in [1.807, 2.05) is 0 Å². The van der Waals surface area contributed by atoms with E-state index in [0.29, 0.717) is 0 Å². The van der Waals surface area contributed by atoms with Crippen LogP contribution < -0.4 is 0 Å². The zero-order chi connectivity index (χ0) is 14.5. The smallest absolute Gasteiger partial charge is 0.270 e. The minimum Gasteiger partial charge on any atom is -0.387 e. The van der Waals surface area contributed by atoms with Gasteiger partial charge in [-0.1, -0.05) is 6.07 Å². The standard InChI is InChI=1S/C12H14N2O5S/c15-12(9-4-5-9)7-13(8-12)20(18,19)11-3-1-2-10(6-11)14(16)17/h1-3,6,9,15H,4-5,7-8H2. The van der Waals surface area contributed by atoms with E-state index >= 15 is 0 Å². The molecule has 7 nitrogen and oxygen atoms in total. The van der Waals surface area contributed by atoms with E-state index in [9.17, 15) is 23.6 Å². The fraction of sp³-hybridized carbons (Fsp3) is 0.500. The second kappa shape index (κ2) is 4.24. The van der Waals surface area contributed by atoms with Crippen LogP contribution in [0.1, 0.15) is 12.8 Å². The second-order valence-electron chi connectivity index (χ2n) is 5.41. The molecule has 1 heterocycles. The number of aliphatic hydroxyl groups is 1. The van der Waals surface area contributed by atoms with E-state index in [2.05, 4.69) is 0 Å². The quantitative estimate of drug-likeness (QED) is 0.652. The molecule has 1 aromatic rings. The van der Waals surface area contributed by atoms with Gasteiger partial charge in [0.25, 0.3) is 5.69 Å². The number of nitro groups is 1. The molecule has 0 aromatic heterocycles. The predicted molar refractivity (Wildman–Crippen MR) is 69.5 cm³/mol. The Hall–Kier alpha value is -1.51. The largest absolute Gasteiger partial charge is 0.387 e. The van der Waals surface area contributed by atoms with Crippen molar-refractivity contribution in [2.45, 2.75) is 23.3 Å². The number of sulfonamides is 1. The summed E-state index contributed by atoms with van der Waals surface area (Å²) in [5.41, 5.74) is -1.17. The molecule has 1 saturated carbocycles. The lowest BCUT2D eigenvalue weighted by Gasteiger charge is -2.45. The number of hydrogen-bond donors (Lipinski definition) is 1. The Morgan fingerprint density at radius 3 is 2.55 bits per heavy atom. The van der Waals surface area contributed by atoms with E-state index in [1.54, 1.807) is 0 Å². The Labute approximate surface area is 116 Å². The van der Waals surface area contributed by atoms with E-state index in [-0.39, 0.29) is 29.6 Å². The van der Waals surface area contributed by atoms with Crippen molar-refractivity contribution in [1.82, 2.24) is 4.31 Å². The molecule has 1 aromatic carbocycles. The van der Waals surface area contributed by atoms with Crippen LogP contribution in [0.15, 0.2) is 29.2 Å². The molecule has 0 bridgehead atoms. The Bertz CT molecular complexity index is 662. The molecule has 0 amide bonds. The van der Waals surface area contributed by atoms with Gasteiger partial charge in [-0.25, -0.2) is 8.42 Å². The summed E-state index contributed by atoms with van der Waals surface area (Å²) in [5.74, 6) is 0.194. The van der Waals surface area contributed by atoms with Crippen molar-refractivity contribution in [3.63, 3.8) is 0 Å². The van der Waals surface area contributed by atoms with Crippen LogP contribution in [-0.2, 0) is 10.0 Å². The highest BCUT2D eigenvalue weighted by Crippen LogP contribution is 2.45. The maximum absolute atomic E-state index is 12.3. The molecule has 1 aliphatic heterocycles. The van der Waals surface area contributed by atoms with E-state index in [4.69, 9.17) is 0 Å². The van der Waals surface area contributed by atoms with Gasteiger partial charge in [-0.2, -0.15) is 4.31 Å². The molecule has 0 atom stereocenters. The Morgan fingerprint density at radius 1 is 1.35 bits per heavy atom. The monoisotopic (exact) mass is 298 g/mol. The SMILES string of the molecule is O=[N+]([O-])c1cccc(S(=O)(=O)N2CC(O)(C3CC3)C2)c1. The molecule has 0 radical (unpaired) electrons. The minimum atomic E-state index is -3.77. The zero-order valence-corrected chi connectivity index (χ0v) is 11.4. The highest BCUT2D eigenvalue weighted by atomic mass is 32.2. The lowest BCUT2D eigenvalue weighted by atomic mass is 9.91. The minimum absolute atomic E-state index is 0.0721. The fourth-order valence-corrected chi connectivity index (χ4v) is 4.13. The number of nitro benzene ring substituents is 1. The average Bonchev–Trinajstić information content (AvgIpc) is 3.19. The van der Waals surface area contributed by atoms with Crippen LogP contribution in [-0.4, -0.2) is 41.4 Å². The third-order valence-electron chi connectivity index (χ3n) is 3.90. The highest BCUT2D eigenvalue weighted by Gasteiger charge is 2.55. The number of rotatable bonds is 4. The average molecular weight is 298 g/mol. The van der Waals surface area contributed by atoms with Crippen molar-refractivity contribution < 1.29 is 18.4 Å². The molecule has 3 rings (SSSR count). The van der Waals surface area contributed by atoms with Crippen molar-refractivity contribution in [2.24, 2.45) is 5.92 Å². The van der Waals surface area contributed by atoms with Gasteiger partial charge in [0.15, 0.2) is 0 Å². The maximum atomic E-state index is 12.3. The lowest BCUT2D eigenvalue weighted by Crippen LogP contribution is -2.64. The van der Waals surface area contributed by atoms with Crippen LogP contribution in [0.3, 0.4) is 0 Å². The van der Waals surface area contributed by atoms with Crippen molar-refractivity contribution in [3.05, 3.63) is 34.4 Å². The van der Waals surface area contributed by atoms with Gasteiger partial charge in [0.1, 0.15) is 0 Å². The maximum Gasteiger partial charge on any atom is 0.270 e. The van der Waals surface area contributed by atoms with Crippen LogP contribution in [0.25, 0.3) is 0 Å². The van der Waals surface area contributed by atoms with E-state index in [1.165, 1.54) is 22.5 Å². The number of benzene rings is 1. The third kappa shape index (κ3) is 2.09. The second-order valence-corrected chi connectivity index (χ2v) is 7.34. The van der Waals surface area contributed by atoms with Crippen LogP contribution in [0.4, 0.5) is 5.69 Å². The Morgan fingerprint density at radius 2 is 2.00 bits per heavy atom. The van der Waals surface area contributed by atoms with Gasteiger partial charge >= 0.3 is 0 Å². The number of hydrogen-bond acceptors (Lipinski definition) is 5. The Kier molecular flexibility index (Phi) is 2.86. The number of non-ortho nitro benzene ring substituents is 1. The molecular formula is C12H14N2O5S. The molecule has 2 aliphatic rings. The van der Waals surface area contributed by atoms with Crippen molar-refractivity contribution in [1.29, 1.82) is 0 Å². The zero-order valence-electron chi connectivity index (χ0n) is 10.6. The fourth-order valence-electron chi connectivity index (χ4n) is 2.52. The van der Waals surface area contributed by atoms with E-state index < -0.39 is 20.5 Å². The summed E-state index contributed by atoms with van der Waals surface area (Å²) in [6.07, 6.45) is 1.86. The van der Waals surface area contributed by atoms with Gasteiger partial charge in [0.2, 0.25) is 10.0 Å². The summed E-state index contributed by atoms with van der Waals surface area (Å²) in [7, 11) is -3.77. The molecule has 2 fully saturated rings. The third-order valence-corrected chi connectivity index (χ3v) is 5.69. The van der Waals surface area contributed by atoms with Crippen molar-refractivity contribution in [2.75, 3.05) is 13.1 Å². The molecule has 1 aliphatic carbocycles. The van der Waals surface area contributed by atoms with Gasteiger partial charge in [0, 0.05) is 25.2 Å². The first kappa shape index (κ1) is 13.5. The molecule has 1 N–H and O–H groups in total. The number of β-amino-alcohol motifs (C(OH)–C–C–N with tert-alkyl or cyclic N) is 1. The molecule has 0 unspecified atom stereocenters. The normalized spacial score (nSPS) is 22.2. The summed E-state index contributed by atoms with van der Waals surface area (Å²) in [5, 5.41) is 20.9. The van der Waals surface area contributed by atoms with Crippen LogP contribution >= 0.6 is 0 Å². The van der Waals surface area contributed by atoms with Crippen molar-refractivity contribution in [3.8, 4) is 0 Å². The molecule has 0 spiro atoms. The summed E-state index contributed by atoms with van der Waals surface area (Å²) in [6, 6.07) is 4.97. The molecular weight excluding hydrogens is 284 g/mol. The molecule has 20 heavy (non-hydrogen) atoms. The Balaban J connectivity index is 1.82. The predicted octanol–water partition coefficient (Wildman–Crippen LogP) is 0.740. The first-order valence-electron chi connectivity index (χ1n) is 6.30. The van der Waals surface area contributed by atoms with Crippen LogP contribution in [0, 0.1) is 16.0 Å². The van der Waals surface area contributed by atoms with Crippen LogP contribution in [0.5, 0.6) is 0 Å². The van der Waals surface area contributed by atoms with Crippen LogP contribution in [0.2, 0.25) is 0 Å². The summed E-state index contributed by atoms with van der Waals surface area (Å²) < 4.78 is 25.8. The summed E-state index contributed by atoms with van der Waals surface area (Å²) in [4.78, 5) is 9.96. The van der Waals surface area contributed by atoms with Gasteiger partial charge in [-0.05, 0) is 24.8 Å². The first-order chi connectivity index (χ1) is 9.33. The van der Waals surface area contributed by atoms with Gasteiger partial charge in [-0.15, -0.1) is 0 Å². The van der Waals surface area contributed by atoms with E-state index in [0.717, 1.165) is 18.9 Å². The first-order valence-corrected chi connectivity index (χ1v) is 7.74. The highest BCUT2D eigenvalue weighted by molar-refractivity contribution is 7.89. The summed E-state index contributed by atoms with van der Waals surface area (Å²) in [6.45, 7) is 0.144. The van der Waals surface area contributed by atoms with Gasteiger partial charge < -0.3 is 5.11 Å². The summed E-state index contributed by atoms with van der Waals surface area (Å²) >= 11 is 0. The topological polar surface area (TPSA) is 101 Å². The number of nitrogens with zero attached hydrogens (tertiary/aromatic N) is 2. The lowest BCUT2D eigenvalue weighted by molar-refractivity contribution is -0.385. The van der Waals surface area contributed by atoms with Crippen molar-refractivity contribution >= 4 is 15.7 Å². The molecule has 1 saturated heterocycles. The molecule has 108 valence electrons. The molecule has 8 heteroatoms. The van der Waals surface area contributed by atoms with Gasteiger partial charge in [0.05, 0.1) is 15.4 Å².